The second-order valence-electron chi connectivity index (χ2n) is 5.44. The zero-order chi connectivity index (χ0) is 18.1. The SMILES string of the molecule is CN=C(NCCc1cccc(F)c1)NCCS(=O)(=O)c1ccccc1.I. The minimum atomic E-state index is -3.32. The molecule has 2 N–H and O–H groups in total. The Labute approximate surface area is 171 Å². The predicted molar refractivity (Wildman–Crippen MR) is 113 cm³/mol. The molecule has 8 heteroatoms. The van der Waals surface area contributed by atoms with Gasteiger partial charge in [-0.2, -0.15) is 0 Å². The van der Waals surface area contributed by atoms with Gasteiger partial charge in [0.2, 0.25) is 0 Å². The van der Waals surface area contributed by atoms with Crippen LogP contribution in [0.3, 0.4) is 0 Å². The van der Waals surface area contributed by atoms with Crippen molar-refractivity contribution in [2.24, 2.45) is 4.99 Å². The molecule has 0 aliphatic carbocycles. The van der Waals surface area contributed by atoms with Gasteiger partial charge < -0.3 is 10.6 Å². The molecule has 0 saturated carbocycles. The van der Waals surface area contributed by atoms with Crippen molar-refractivity contribution in [1.82, 2.24) is 10.6 Å². The van der Waals surface area contributed by atoms with Crippen molar-refractivity contribution < 1.29 is 12.8 Å². The molecule has 2 aromatic rings. The number of aliphatic imine (C=N–C) groups is 1. The third-order valence-electron chi connectivity index (χ3n) is 3.58. The summed E-state index contributed by atoms with van der Waals surface area (Å²) < 4.78 is 37.5. The van der Waals surface area contributed by atoms with E-state index in [9.17, 15) is 12.8 Å². The number of sulfone groups is 1. The normalized spacial score (nSPS) is 11.5. The van der Waals surface area contributed by atoms with Gasteiger partial charge in [0.25, 0.3) is 0 Å². The van der Waals surface area contributed by atoms with Crippen molar-refractivity contribution in [2.75, 3.05) is 25.9 Å². The highest BCUT2D eigenvalue weighted by Crippen LogP contribution is 2.09. The second-order valence-corrected chi connectivity index (χ2v) is 7.55. The van der Waals surface area contributed by atoms with Gasteiger partial charge in [-0.25, -0.2) is 12.8 Å². The van der Waals surface area contributed by atoms with Gasteiger partial charge in [-0.05, 0) is 36.2 Å². The first-order chi connectivity index (χ1) is 12.0. The number of hydrogen-bond donors (Lipinski definition) is 2. The average Bonchev–Trinajstić information content (AvgIpc) is 2.61. The number of hydrogen-bond acceptors (Lipinski definition) is 3. The van der Waals surface area contributed by atoms with E-state index in [1.807, 2.05) is 6.07 Å². The van der Waals surface area contributed by atoms with Crippen LogP contribution in [0.25, 0.3) is 0 Å². The van der Waals surface area contributed by atoms with Crippen molar-refractivity contribution in [3.05, 3.63) is 66.0 Å². The molecule has 0 aliphatic heterocycles. The van der Waals surface area contributed by atoms with Crippen molar-refractivity contribution >= 4 is 39.8 Å². The van der Waals surface area contributed by atoms with Crippen LogP contribution in [-0.4, -0.2) is 40.3 Å². The third kappa shape index (κ3) is 7.28. The van der Waals surface area contributed by atoms with E-state index in [4.69, 9.17) is 0 Å². The van der Waals surface area contributed by atoms with Crippen molar-refractivity contribution in [3.63, 3.8) is 0 Å². The molecule has 0 amide bonds. The Balaban J connectivity index is 0.00000338. The Kier molecular flexibility index (Phi) is 9.57. The van der Waals surface area contributed by atoms with Crippen LogP contribution >= 0.6 is 24.0 Å². The topological polar surface area (TPSA) is 70.6 Å². The maximum atomic E-state index is 13.1. The summed E-state index contributed by atoms with van der Waals surface area (Å²) in [6.45, 7) is 0.811. The number of benzene rings is 2. The van der Waals surface area contributed by atoms with Gasteiger partial charge in [0, 0.05) is 20.1 Å². The standard InChI is InChI=1S/C18H22FN3O2S.HI/c1-20-18(21-11-10-15-6-5-7-16(19)14-15)22-12-13-25(23,24)17-8-3-2-4-9-17;/h2-9,14H,10-13H2,1H3,(H2,20,21,22);1H. The maximum Gasteiger partial charge on any atom is 0.191 e. The Hall–Kier alpha value is -1.68. The lowest BCUT2D eigenvalue weighted by Gasteiger charge is -2.12. The molecule has 5 nitrogen and oxygen atoms in total. The van der Waals surface area contributed by atoms with Gasteiger partial charge in [-0.1, -0.05) is 30.3 Å². The number of nitrogens with one attached hydrogen (secondary N) is 2. The summed E-state index contributed by atoms with van der Waals surface area (Å²) in [5.41, 5.74) is 0.884. The number of guanidine groups is 1. The van der Waals surface area contributed by atoms with Gasteiger partial charge in [-0.15, -0.1) is 24.0 Å². The van der Waals surface area contributed by atoms with Crippen LogP contribution in [0.1, 0.15) is 5.56 Å². The second kappa shape index (κ2) is 11.1. The summed E-state index contributed by atoms with van der Waals surface area (Å²) in [6, 6.07) is 14.8. The van der Waals surface area contributed by atoms with Gasteiger partial charge in [0.05, 0.1) is 10.6 Å². The zero-order valence-corrected chi connectivity index (χ0v) is 17.6. The molecule has 2 aromatic carbocycles. The smallest absolute Gasteiger partial charge is 0.191 e. The molecule has 0 radical (unpaired) electrons. The Bertz CT molecular complexity index is 814. The highest BCUT2D eigenvalue weighted by molar-refractivity contribution is 14.0. The maximum absolute atomic E-state index is 13.1. The molecule has 0 saturated heterocycles. The van der Waals surface area contributed by atoms with Gasteiger partial charge in [0.15, 0.2) is 15.8 Å². The first kappa shape index (κ1) is 22.4. The van der Waals surface area contributed by atoms with Crippen molar-refractivity contribution in [1.29, 1.82) is 0 Å². The van der Waals surface area contributed by atoms with Gasteiger partial charge in [0.1, 0.15) is 5.82 Å². The minimum absolute atomic E-state index is 0. The summed E-state index contributed by atoms with van der Waals surface area (Å²) in [4.78, 5) is 4.37. The van der Waals surface area contributed by atoms with Crippen LogP contribution in [0.15, 0.2) is 64.5 Å². The van der Waals surface area contributed by atoms with Crippen LogP contribution in [-0.2, 0) is 16.3 Å². The first-order valence-electron chi connectivity index (χ1n) is 7.98. The molecule has 26 heavy (non-hydrogen) atoms. The van der Waals surface area contributed by atoms with Crippen LogP contribution in [0, 0.1) is 5.82 Å². The van der Waals surface area contributed by atoms with E-state index >= 15 is 0 Å². The van der Waals surface area contributed by atoms with E-state index in [0.29, 0.717) is 23.8 Å². The highest BCUT2D eigenvalue weighted by atomic mass is 127. The minimum Gasteiger partial charge on any atom is -0.356 e. The third-order valence-corrected chi connectivity index (χ3v) is 5.32. The van der Waals surface area contributed by atoms with Gasteiger partial charge >= 0.3 is 0 Å². The van der Waals surface area contributed by atoms with E-state index in [1.54, 1.807) is 43.4 Å². The van der Waals surface area contributed by atoms with Crippen LogP contribution < -0.4 is 10.6 Å². The fourth-order valence-corrected chi connectivity index (χ4v) is 3.47. The molecular weight excluding hydrogens is 468 g/mol. The first-order valence-corrected chi connectivity index (χ1v) is 9.63. The number of nitrogens with zero attached hydrogens (tertiary/aromatic N) is 1. The monoisotopic (exact) mass is 491 g/mol. The molecule has 142 valence electrons. The summed E-state index contributed by atoms with van der Waals surface area (Å²) in [5, 5.41) is 6.06. The molecule has 0 atom stereocenters. The van der Waals surface area contributed by atoms with Crippen molar-refractivity contribution in [2.45, 2.75) is 11.3 Å². The Morgan fingerprint density at radius 3 is 2.38 bits per heavy atom. The molecule has 0 heterocycles. The van der Waals surface area contributed by atoms with Crippen LogP contribution in [0.4, 0.5) is 4.39 Å². The highest BCUT2D eigenvalue weighted by Gasteiger charge is 2.13. The number of halogens is 2. The van der Waals surface area contributed by atoms with E-state index in [0.717, 1.165) is 5.56 Å². The fourth-order valence-electron chi connectivity index (χ4n) is 2.29. The molecule has 0 spiro atoms. The van der Waals surface area contributed by atoms with Crippen LogP contribution in [0.5, 0.6) is 0 Å². The summed E-state index contributed by atoms with van der Waals surface area (Å²) in [7, 11) is -1.71. The van der Waals surface area contributed by atoms with E-state index in [-0.39, 0.29) is 42.1 Å². The summed E-state index contributed by atoms with van der Waals surface area (Å²) in [6.07, 6.45) is 0.640. The fraction of sp³-hybridized carbons (Fsp3) is 0.278. The molecule has 2 rings (SSSR count). The quantitative estimate of drug-likeness (QED) is 0.355. The van der Waals surface area contributed by atoms with Crippen LogP contribution in [0.2, 0.25) is 0 Å². The molecule has 0 aromatic heterocycles. The summed E-state index contributed by atoms with van der Waals surface area (Å²) >= 11 is 0. The lowest BCUT2D eigenvalue weighted by Crippen LogP contribution is -2.40. The molecular formula is C18H23FIN3O2S. The lowest BCUT2D eigenvalue weighted by atomic mass is 10.1. The summed E-state index contributed by atoms with van der Waals surface area (Å²) in [5.74, 6) is 0.229. The van der Waals surface area contributed by atoms with Crippen molar-refractivity contribution in [3.8, 4) is 0 Å². The van der Waals surface area contributed by atoms with E-state index < -0.39 is 9.84 Å². The molecule has 0 aliphatic rings. The Morgan fingerprint density at radius 2 is 1.73 bits per heavy atom. The predicted octanol–water partition coefficient (Wildman–Crippen LogP) is 2.63. The van der Waals surface area contributed by atoms with E-state index in [2.05, 4.69) is 15.6 Å². The number of rotatable bonds is 7. The van der Waals surface area contributed by atoms with E-state index in [1.165, 1.54) is 12.1 Å². The average molecular weight is 491 g/mol. The zero-order valence-electron chi connectivity index (χ0n) is 14.5. The Morgan fingerprint density at radius 1 is 1.04 bits per heavy atom. The molecule has 0 fully saturated rings. The molecule has 0 bridgehead atoms. The molecule has 0 unspecified atom stereocenters. The van der Waals surface area contributed by atoms with Gasteiger partial charge in [-0.3, -0.25) is 4.99 Å². The largest absolute Gasteiger partial charge is 0.356 e. The lowest BCUT2D eigenvalue weighted by molar-refractivity contribution is 0.594.